The zero-order valence-electron chi connectivity index (χ0n) is 17.9. The number of carbonyl (C=O) groups is 1. The zero-order chi connectivity index (χ0) is 20.6. The molecule has 1 aromatic heterocycles. The van der Waals surface area contributed by atoms with Gasteiger partial charge in [-0.05, 0) is 49.6 Å². The van der Waals surface area contributed by atoms with Gasteiger partial charge in [-0.2, -0.15) is 0 Å². The molecule has 0 radical (unpaired) electrons. The van der Waals surface area contributed by atoms with E-state index in [1.807, 2.05) is 36.1 Å². The first-order valence-corrected chi connectivity index (χ1v) is 10.6. The predicted molar refractivity (Wildman–Crippen MR) is 120 cm³/mol. The Hall–Kier alpha value is -2.81. The summed E-state index contributed by atoms with van der Waals surface area (Å²) in [5.74, 6) is 0.127. The Morgan fingerprint density at radius 1 is 0.966 bits per heavy atom. The number of aromatic nitrogens is 1. The number of carbonyl (C=O) groups excluding carboxylic acids is 1. The molecule has 3 nitrogen and oxygen atoms in total. The fraction of sp³-hybridized carbons (Fsp3) is 0.346. The number of nitrogens with zero attached hydrogens (tertiary/aromatic N) is 2. The average molecular weight is 389 g/mol. The van der Waals surface area contributed by atoms with Gasteiger partial charge < -0.3 is 9.47 Å². The van der Waals surface area contributed by atoms with Gasteiger partial charge in [0.1, 0.15) is 0 Å². The van der Waals surface area contributed by atoms with E-state index in [-0.39, 0.29) is 5.91 Å². The van der Waals surface area contributed by atoms with Gasteiger partial charge >= 0.3 is 0 Å². The molecule has 0 unspecified atom stereocenters. The van der Waals surface area contributed by atoms with Crippen molar-refractivity contribution >= 4 is 5.91 Å². The van der Waals surface area contributed by atoms with Crippen LogP contribution in [-0.2, 0) is 13.1 Å². The second-order valence-electron chi connectivity index (χ2n) is 7.87. The topological polar surface area (TPSA) is 25.2 Å². The predicted octanol–water partition coefficient (Wildman–Crippen LogP) is 5.99. The molecule has 0 aliphatic heterocycles. The maximum atomic E-state index is 13.3. The molecular weight excluding hydrogens is 356 g/mol. The van der Waals surface area contributed by atoms with Crippen molar-refractivity contribution < 1.29 is 4.79 Å². The van der Waals surface area contributed by atoms with Crippen LogP contribution >= 0.6 is 0 Å². The van der Waals surface area contributed by atoms with Crippen LogP contribution in [0.1, 0.15) is 58.9 Å². The summed E-state index contributed by atoms with van der Waals surface area (Å²) in [7, 11) is 0. The van der Waals surface area contributed by atoms with E-state index in [4.69, 9.17) is 0 Å². The third kappa shape index (κ3) is 5.60. The van der Waals surface area contributed by atoms with Crippen LogP contribution in [0.15, 0.2) is 66.9 Å². The highest BCUT2D eigenvalue weighted by atomic mass is 16.2. The van der Waals surface area contributed by atoms with Crippen LogP contribution in [0.3, 0.4) is 0 Å². The Bertz CT molecular complexity index is 941. The van der Waals surface area contributed by atoms with Crippen LogP contribution in [0.2, 0.25) is 0 Å². The molecule has 0 saturated carbocycles. The third-order valence-corrected chi connectivity index (χ3v) is 5.41. The Morgan fingerprint density at radius 2 is 1.79 bits per heavy atom. The highest BCUT2D eigenvalue weighted by Crippen LogP contribution is 2.17. The van der Waals surface area contributed by atoms with Gasteiger partial charge in [-0.1, -0.05) is 67.8 Å². The number of benzene rings is 2. The van der Waals surface area contributed by atoms with Crippen molar-refractivity contribution in [3.8, 4) is 0 Å². The van der Waals surface area contributed by atoms with Crippen LogP contribution in [0.5, 0.6) is 0 Å². The number of rotatable bonds is 9. The van der Waals surface area contributed by atoms with E-state index in [0.717, 1.165) is 43.5 Å². The number of amides is 1. The van der Waals surface area contributed by atoms with Crippen LogP contribution in [-0.4, -0.2) is 21.9 Å². The lowest BCUT2D eigenvalue weighted by atomic mass is 10.1. The Labute approximate surface area is 175 Å². The van der Waals surface area contributed by atoms with Crippen molar-refractivity contribution in [3.63, 3.8) is 0 Å². The average Bonchev–Trinajstić information content (AvgIpc) is 3.14. The summed E-state index contributed by atoms with van der Waals surface area (Å²) < 4.78 is 2.26. The Balaban J connectivity index is 1.80. The molecule has 3 rings (SSSR count). The molecule has 152 valence electrons. The van der Waals surface area contributed by atoms with Gasteiger partial charge in [-0.25, -0.2) is 0 Å². The summed E-state index contributed by atoms with van der Waals surface area (Å²) in [4.78, 5) is 15.3. The molecule has 2 aromatic carbocycles. The number of unbranched alkanes of at least 4 members (excludes halogenated alkanes) is 2. The van der Waals surface area contributed by atoms with Gasteiger partial charge in [0.2, 0.25) is 0 Å². The summed E-state index contributed by atoms with van der Waals surface area (Å²) in [6.45, 7) is 8.58. The van der Waals surface area contributed by atoms with Gasteiger partial charge in [-0.3, -0.25) is 4.79 Å². The lowest BCUT2D eigenvalue weighted by molar-refractivity contribution is 0.0735. The minimum absolute atomic E-state index is 0.127. The van der Waals surface area contributed by atoms with E-state index in [1.54, 1.807) is 0 Å². The first kappa shape index (κ1) is 20.9. The molecule has 29 heavy (non-hydrogen) atoms. The van der Waals surface area contributed by atoms with Crippen LogP contribution in [0, 0.1) is 13.8 Å². The molecule has 0 aliphatic carbocycles. The molecule has 0 aliphatic rings. The smallest absolute Gasteiger partial charge is 0.254 e. The van der Waals surface area contributed by atoms with Crippen molar-refractivity contribution in [2.75, 3.05) is 6.54 Å². The summed E-state index contributed by atoms with van der Waals surface area (Å²) in [5.41, 5.74) is 5.57. The number of aryl methyl sites for hydroxylation is 2. The molecule has 3 heteroatoms. The maximum absolute atomic E-state index is 13.3. The molecule has 1 amide bonds. The Kier molecular flexibility index (Phi) is 7.29. The van der Waals surface area contributed by atoms with Gasteiger partial charge in [0, 0.05) is 30.5 Å². The second-order valence-corrected chi connectivity index (χ2v) is 7.87. The highest BCUT2D eigenvalue weighted by molar-refractivity contribution is 5.95. The van der Waals surface area contributed by atoms with Crippen molar-refractivity contribution in [2.45, 2.75) is 53.1 Å². The molecule has 0 bridgehead atoms. The van der Waals surface area contributed by atoms with Gasteiger partial charge in [0.15, 0.2) is 0 Å². The van der Waals surface area contributed by atoms with E-state index < -0.39 is 0 Å². The summed E-state index contributed by atoms with van der Waals surface area (Å²) in [5, 5.41) is 0. The van der Waals surface area contributed by atoms with Crippen molar-refractivity contribution in [2.24, 2.45) is 0 Å². The number of hydrogen-bond donors (Lipinski definition) is 0. The minimum atomic E-state index is 0.127. The fourth-order valence-corrected chi connectivity index (χ4v) is 3.74. The summed E-state index contributed by atoms with van der Waals surface area (Å²) in [6, 6.07) is 20.7. The third-order valence-electron chi connectivity index (χ3n) is 5.41. The molecule has 0 atom stereocenters. The van der Waals surface area contributed by atoms with Crippen molar-refractivity contribution in [3.05, 3.63) is 94.8 Å². The molecule has 3 aromatic rings. The first-order valence-electron chi connectivity index (χ1n) is 10.6. The van der Waals surface area contributed by atoms with E-state index in [2.05, 4.69) is 61.0 Å². The molecule has 0 saturated heterocycles. The van der Waals surface area contributed by atoms with Crippen molar-refractivity contribution in [1.29, 1.82) is 0 Å². The normalized spacial score (nSPS) is 10.9. The quantitative estimate of drug-likeness (QED) is 0.414. The van der Waals surface area contributed by atoms with Crippen LogP contribution < -0.4 is 0 Å². The SMILES string of the molecule is CCCCCN(Cc1cccn1Cc1cccc(C)c1)C(=O)c1ccccc1C. The minimum Gasteiger partial charge on any atom is -0.345 e. The molecule has 0 fully saturated rings. The van der Waals surface area contributed by atoms with E-state index >= 15 is 0 Å². The standard InChI is InChI=1S/C26H32N2O/c1-4-5-8-16-28(26(29)25-15-7-6-12-22(25)3)20-24-14-10-17-27(24)19-23-13-9-11-21(2)18-23/h6-7,9-15,17-18H,4-5,8,16,19-20H2,1-3H3. The zero-order valence-corrected chi connectivity index (χ0v) is 17.9. The largest absolute Gasteiger partial charge is 0.345 e. The highest BCUT2D eigenvalue weighted by Gasteiger charge is 2.18. The van der Waals surface area contributed by atoms with Gasteiger partial charge in [-0.15, -0.1) is 0 Å². The monoisotopic (exact) mass is 388 g/mol. The lowest BCUT2D eigenvalue weighted by Gasteiger charge is -2.24. The van der Waals surface area contributed by atoms with E-state index in [0.29, 0.717) is 6.54 Å². The molecule has 0 spiro atoms. The number of hydrogen-bond acceptors (Lipinski definition) is 1. The fourth-order valence-electron chi connectivity index (χ4n) is 3.74. The molecule has 1 heterocycles. The molecule has 0 N–H and O–H groups in total. The van der Waals surface area contributed by atoms with E-state index in [1.165, 1.54) is 16.8 Å². The molecular formula is C26H32N2O. The van der Waals surface area contributed by atoms with E-state index in [9.17, 15) is 4.79 Å². The van der Waals surface area contributed by atoms with Crippen LogP contribution in [0.25, 0.3) is 0 Å². The Morgan fingerprint density at radius 3 is 2.55 bits per heavy atom. The second kappa shape index (κ2) is 10.1. The lowest BCUT2D eigenvalue weighted by Crippen LogP contribution is -2.33. The van der Waals surface area contributed by atoms with Crippen molar-refractivity contribution in [1.82, 2.24) is 9.47 Å². The van der Waals surface area contributed by atoms with Gasteiger partial charge in [0.05, 0.1) is 6.54 Å². The summed E-state index contributed by atoms with van der Waals surface area (Å²) in [6.07, 6.45) is 5.44. The van der Waals surface area contributed by atoms with Crippen LogP contribution in [0.4, 0.5) is 0 Å². The van der Waals surface area contributed by atoms with Gasteiger partial charge in [0.25, 0.3) is 5.91 Å². The summed E-state index contributed by atoms with van der Waals surface area (Å²) >= 11 is 0. The maximum Gasteiger partial charge on any atom is 0.254 e. The first-order chi connectivity index (χ1) is 14.1.